The zero-order valence-electron chi connectivity index (χ0n) is 15.0. The lowest BCUT2D eigenvalue weighted by Gasteiger charge is -2.25. The number of carboxylic acid groups (broad SMARTS) is 1. The molecule has 0 radical (unpaired) electrons. The van der Waals surface area contributed by atoms with Gasteiger partial charge >= 0.3 is 5.97 Å². The topological polar surface area (TPSA) is 75.6 Å². The highest BCUT2D eigenvalue weighted by Crippen LogP contribution is 2.34. The molecule has 0 saturated carbocycles. The van der Waals surface area contributed by atoms with Gasteiger partial charge in [-0.1, -0.05) is 24.3 Å². The summed E-state index contributed by atoms with van der Waals surface area (Å²) in [6, 6.07) is 12.5. The number of aryl methyl sites for hydroxylation is 1. The van der Waals surface area contributed by atoms with E-state index in [0.29, 0.717) is 11.4 Å². The molecule has 0 spiro atoms. The third-order valence-corrected chi connectivity index (χ3v) is 4.53. The van der Waals surface area contributed by atoms with Gasteiger partial charge in [-0.15, -0.1) is 0 Å². The van der Waals surface area contributed by atoms with Crippen LogP contribution < -0.4 is 10.1 Å². The Morgan fingerprint density at radius 3 is 2.69 bits per heavy atom. The molecule has 5 nitrogen and oxygen atoms in total. The lowest BCUT2D eigenvalue weighted by atomic mass is 9.82. The summed E-state index contributed by atoms with van der Waals surface area (Å²) in [7, 11) is 0. The quantitative estimate of drug-likeness (QED) is 0.843. The SMILES string of the molecule is CC(C)Oc1ccc(C(=O)O)cc1NC(=O)C1CCCc2ccccc21. The summed E-state index contributed by atoms with van der Waals surface area (Å²) in [5, 5.41) is 12.1. The molecule has 1 aliphatic rings. The van der Waals surface area contributed by atoms with Gasteiger partial charge in [-0.05, 0) is 62.4 Å². The summed E-state index contributed by atoms with van der Waals surface area (Å²) >= 11 is 0. The average molecular weight is 353 g/mol. The maximum Gasteiger partial charge on any atom is 0.335 e. The molecule has 0 aromatic heterocycles. The fourth-order valence-electron chi connectivity index (χ4n) is 3.36. The predicted molar refractivity (Wildman–Crippen MR) is 99.9 cm³/mol. The van der Waals surface area contributed by atoms with Crippen LogP contribution >= 0.6 is 0 Å². The van der Waals surface area contributed by atoms with E-state index in [9.17, 15) is 14.7 Å². The molecule has 3 rings (SSSR count). The fourth-order valence-corrected chi connectivity index (χ4v) is 3.36. The van der Waals surface area contributed by atoms with Crippen molar-refractivity contribution in [3.63, 3.8) is 0 Å². The van der Waals surface area contributed by atoms with E-state index in [0.717, 1.165) is 24.8 Å². The second-order valence-corrected chi connectivity index (χ2v) is 6.82. The van der Waals surface area contributed by atoms with Gasteiger partial charge in [-0.2, -0.15) is 0 Å². The number of benzene rings is 2. The number of nitrogens with one attached hydrogen (secondary N) is 1. The van der Waals surface area contributed by atoms with Gasteiger partial charge in [0.2, 0.25) is 5.91 Å². The molecular formula is C21H23NO4. The van der Waals surface area contributed by atoms with Crippen LogP contribution in [0.4, 0.5) is 5.69 Å². The summed E-state index contributed by atoms with van der Waals surface area (Å²) in [5.74, 6) is -0.935. The Morgan fingerprint density at radius 2 is 1.96 bits per heavy atom. The van der Waals surface area contributed by atoms with Crippen LogP contribution in [0.15, 0.2) is 42.5 Å². The molecule has 0 heterocycles. The van der Waals surface area contributed by atoms with E-state index in [4.69, 9.17) is 4.74 Å². The lowest BCUT2D eigenvalue weighted by molar-refractivity contribution is -0.117. The minimum absolute atomic E-state index is 0.0864. The van der Waals surface area contributed by atoms with E-state index >= 15 is 0 Å². The Morgan fingerprint density at radius 1 is 1.19 bits per heavy atom. The van der Waals surface area contributed by atoms with Crippen LogP contribution in [-0.4, -0.2) is 23.1 Å². The fraction of sp³-hybridized carbons (Fsp3) is 0.333. The first-order chi connectivity index (χ1) is 12.5. The van der Waals surface area contributed by atoms with Gasteiger partial charge in [-0.25, -0.2) is 4.79 Å². The molecule has 0 fully saturated rings. The van der Waals surface area contributed by atoms with E-state index < -0.39 is 5.97 Å². The Kier molecular flexibility index (Phi) is 5.26. The first-order valence-electron chi connectivity index (χ1n) is 8.88. The maximum atomic E-state index is 12.9. The highest BCUT2D eigenvalue weighted by atomic mass is 16.5. The van der Waals surface area contributed by atoms with Crippen molar-refractivity contribution in [1.82, 2.24) is 0 Å². The number of anilines is 1. The molecule has 1 atom stereocenters. The minimum Gasteiger partial charge on any atom is -0.489 e. The number of carboxylic acids is 1. The standard InChI is InChI=1S/C21H23NO4/c1-13(2)26-19-11-10-15(21(24)25)12-18(19)22-20(23)17-9-5-7-14-6-3-4-8-16(14)17/h3-4,6,8,10-13,17H,5,7,9H2,1-2H3,(H,22,23)(H,24,25). The normalized spacial score (nSPS) is 16.0. The van der Waals surface area contributed by atoms with Crippen molar-refractivity contribution in [3.05, 3.63) is 59.2 Å². The van der Waals surface area contributed by atoms with Gasteiger partial charge in [0.05, 0.1) is 23.3 Å². The summed E-state index contributed by atoms with van der Waals surface area (Å²) in [6.07, 6.45) is 2.63. The third-order valence-electron chi connectivity index (χ3n) is 4.53. The predicted octanol–water partition coefficient (Wildman–Crippen LogP) is 4.23. The van der Waals surface area contributed by atoms with Crippen molar-refractivity contribution < 1.29 is 19.4 Å². The van der Waals surface area contributed by atoms with Crippen molar-refractivity contribution in [2.75, 3.05) is 5.32 Å². The van der Waals surface area contributed by atoms with Crippen molar-refractivity contribution in [2.45, 2.75) is 45.1 Å². The van der Waals surface area contributed by atoms with E-state index in [1.54, 1.807) is 6.07 Å². The van der Waals surface area contributed by atoms with Crippen molar-refractivity contribution in [2.24, 2.45) is 0 Å². The van der Waals surface area contributed by atoms with Gasteiger partial charge < -0.3 is 15.2 Å². The molecule has 26 heavy (non-hydrogen) atoms. The van der Waals surface area contributed by atoms with Crippen LogP contribution in [0.3, 0.4) is 0 Å². The lowest BCUT2D eigenvalue weighted by Crippen LogP contribution is -2.25. The molecule has 1 unspecified atom stereocenters. The third kappa shape index (κ3) is 3.87. The minimum atomic E-state index is -1.04. The molecular weight excluding hydrogens is 330 g/mol. The van der Waals surface area contributed by atoms with Gasteiger partial charge in [-0.3, -0.25) is 4.79 Å². The molecule has 0 bridgehead atoms. The first-order valence-corrected chi connectivity index (χ1v) is 8.88. The molecule has 1 amide bonds. The van der Waals surface area contributed by atoms with E-state index in [1.165, 1.54) is 17.7 Å². The second-order valence-electron chi connectivity index (χ2n) is 6.82. The van der Waals surface area contributed by atoms with Gasteiger partial charge in [0.15, 0.2) is 0 Å². The van der Waals surface area contributed by atoms with Crippen LogP contribution in [0, 0.1) is 0 Å². The molecule has 5 heteroatoms. The Bertz CT molecular complexity index is 829. The van der Waals surface area contributed by atoms with Crippen molar-refractivity contribution in [3.8, 4) is 5.75 Å². The summed E-state index contributed by atoms with van der Waals surface area (Å²) < 4.78 is 5.73. The number of rotatable bonds is 5. The molecule has 136 valence electrons. The smallest absolute Gasteiger partial charge is 0.335 e. The summed E-state index contributed by atoms with van der Waals surface area (Å²) in [6.45, 7) is 3.77. The number of aromatic carboxylic acids is 1. The zero-order valence-corrected chi connectivity index (χ0v) is 15.0. The van der Waals surface area contributed by atoms with Crippen molar-refractivity contribution in [1.29, 1.82) is 0 Å². The van der Waals surface area contributed by atoms with Crippen LogP contribution in [-0.2, 0) is 11.2 Å². The molecule has 2 aromatic rings. The second kappa shape index (κ2) is 7.60. The van der Waals surface area contributed by atoms with Crippen LogP contribution in [0.25, 0.3) is 0 Å². The summed E-state index contributed by atoms with van der Waals surface area (Å²) in [4.78, 5) is 24.2. The zero-order chi connectivity index (χ0) is 18.7. The Hall–Kier alpha value is -2.82. The monoisotopic (exact) mass is 353 g/mol. The highest BCUT2D eigenvalue weighted by molar-refractivity contribution is 5.99. The molecule has 1 aliphatic carbocycles. The van der Waals surface area contributed by atoms with E-state index in [1.807, 2.05) is 32.0 Å². The van der Waals surface area contributed by atoms with Crippen molar-refractivity contribution >= 4 is 17.6 Å². The number of fused-ring (bicyclic) bond motifs is 1. The highest BCUT2D eigenvalue weighted by Gasteiger charge is 2.27. The first kappa shape index (κ1) is 18.0. The molecule has 0 saturated heterocycles. The number of carbonyl (C=O) groups excluding carboxylic acids is 1. The van der Waals surface area contributed by atoms with Crippen LogP contribution in [0.1, 0.15) is 54.1 Å². The number of hydrogen-bond donors (Lipinski definition) is 2. The Balaban J connectivity index is 1.89. The maximum absolute atomic E-state index is 12.9. The average Bonchev–Trinajstić information content (AvgIpc) is 2.62. The number of amides is 1. The summed E-state index contributed by atoms with van der Waals surface area (Å²) in [5.41, 5.74) is 2.76. The van der Waals surface area contributed by atoms with Gasteiger partial charge in [0, 0.05) is 0 Å². The number of hydrogen-bond acceptors (Lipinski definition) is 3. The van der Waals surface area contributed by atoms with E-state index in [2.05, 4.69) is 11.4 Å². The molecule has 2 aromatic carbocycles. The number of ether oxygens (including phenoxy) is 1. The van der Waals surface area contributed by atoms with Crippen LogP contribution in [0.5, 0.6) is 5.75 Å². The number of carbonyl (C=O) groups is 2. The van der Waals surface area contributed by atoms with Gasteiger partial charge in [0.1, 0.15) is 5.75 Å². The molecule has 2 N–H and O–H groups in total. The molecule has 0 aliphatic heterocycles. The van der Waals surface area contributed by atoms with Crippen LogP contribution in [0.2, 0.25) is 0 Å². The largest absolute Gasteiger partial charge is 0.489 e. The van der Waals surface area contributed by atoms with Gasteiger partial charge in [0.25, 0.3) is 0 Å². The van der Waals surface area contributed by atoms with E-state index in [-0.39, 0.29) is 23.5 Å². The Labute approximate surface area is 153 Å².